The molecule has 0 radical (unpaired) electrons. The van der Waals surface area contributed by atoms with Crippen LogP contribution in [0.5, 0.6) is 0 Å². The highest BCUT2D eigenvalue weighted by Crippen LogP contribution is 2.29. The number of rotatable bonds is 6. The Kier molecular flexibility index (Phi) is 6.06. The Morgan fingerprint density at radius 2 is 1.75 bits per heavy atom. The lowest BCUT2D eigenvalue weighted by Gasteiger charge is -2.34. The molecular weight excluding hydrogens is 244 g/mol. The van der Waals surface area contributed by atoms with Gasteiger partial charge in [0.15, 0.2) is 0 Å². The fraction of sp³-hybridized carbons (Fsp3) is 0.667. The van der Waals surface area contributed by atoms with E-state index >= 15 is 0 Å². The zero-order valence-corrected chi connectivity index (χ0v) is 13.4. The van der Waals surface area contributed by atoms with Crippen LogP contribution >= 0.6 is 0 Å². The minimum absolute atomic E-state index is 0.778. The molecule has 1 fully saturated rings. The molecule has 0 heterocycles. The van der Waals surface area contributed by atoms with Gasteiger partial charge < -0.3 is 5.32 Å². The molecule has 0 spiro atoms. The summed E-state index contributed by atoms with van der Waals surface area (Å²) in [5.74, 6) is 0.983. The van der Waals surface area contributed by atoms with Gasteiger partial charge in [0.1, 0.15) is 0 Å². The topological polar surface area (TPSA) is 15.3 Å². The maximum absolute atomic E-state index is 3.27. The van der Waals surface area contributed by atoms with Crippen LogP contribution in [0.3, 0.4) is 0 Å². The van der Waals surface area contributed by atoms with Crippen molar-refractivity contribution in [3.8, 4) is 0 Å². The number of hydrogen-bond acceptors (Lipinski definition) is 2. The quantitative estimate of drug-likeness (QED) is 0.848. The number of nitrogens with one attached hydrogen (secondary N) is 1. The monoisotopic (exact) mass is 274 g/mol. The third-order valence-electron chi connectivity index (χ3n) is 4.92. The lowest BCUT2D eigenvalue weighted by molar-refractivity contribution is 0.157. The molecule has 0 saturated heterocycles. The van der Waals surface area contributed by atoms with Gasteiger partial charge in [0.2, 0.25) is 0 Å². The second kappa shape index (κ2) is 7.80. The summed E-state index contributed by atoms with van der Waals surface area (Å²) in [6, 6.07) is 9.61. The van der Waals surface area contributed by atoms with E-state index in [9.17, 15) is 0 Å². The predicted molar refractivity (Wildman–Crippen MR) is 86.7 cm³/mol. The molecule has 2 heteroatoms. The highest BCUT2D eigenvalue weighted by molar-refractivity contribution is 5.27. The van der Waals surface area contributed by atoms with Crippen molar-refractivity contribution < 1.29 is 0 Å². The van der Waals surface area contributed by atoms with E-state index < -0.39 is 0 Å². The molecule has 1 saturated carbocycles. The van der Waals surface area contributed by atoms with E-state index in [1.165, 1.54) is 43.2 Å². The van der Waals surface area contributed by atoms with Gasteiger partial charge in [0, 0.05) is 19.1 Å². The van der Waals surface area contributed by atoms with Gasteiger partial charge in [-0.05, 0) is 56.8 Å². The Hall–Kier alpha value is -0.860. The molecule has 1 N–H and O–H groups in total. The summed E-state index contributed by atoms with van der Waals surface area (Å²) in [6.07, 6.45) is 6.96. The molecule has 0 bridgehead atoms. The minimum Gasteiger partial charge on any atom is -0.316 e. The molecule has 20 heavy (non-hydrogen) atoms. The Balaban J connectivity index is 1.93. The van der Waals surface area contributed by atoms with Crippen molar-refractivity contribution in [2.75, 3.05) is 14.1 Å². The average molecular weight is 274 g/mol. The molecule has 1 aromatic rings. The van der Waals surface area contributed by atoms with Crippen LogP contribution in [0.25, 0.3) is 0 Å². The van der Waals surface area contributed by atoms with Crippen molar-refractivity contribution in [2.45, 2.75) is 58.2 Å². The van der Waals surface area contributed by atoms with Crippen LogP contribution in [-0.2, 0) is 13.1 Å². The maximum Gasteiger partial charge on any atom is 0.0236 e. The van der Waals surface area contributed by atoms with Gasteiger partial charge in [-0.15, -0.1) is 0 Å². The molecule has 112 valence electrons. The summed E-state index contributed by atoms with van der Waals surface area (Å²) >= 11 is 0. The van der Waals surface area contributed by atoms with E-state index in [0.717, 1.165) is 25.0 Å². The van der Waals surface area contributed by atoms with Crippen molar-refractivity contribution in [1.29, 1.82) is 0 Å². The van der Waals surface area contributed by atoms with Gasteiger partial charge in [0.25, 0.3) is 0 Å². The van der Waals surface area contributed by atoms with E-state index in [-0.39, 0.29) is 0 Å². The van der Waals surface area contributed by atoms with Crippen LogP contribution in [0, 0.1) is 5.92 Å². The second-order valence-corrected chi connectivity index (χ2v) is 6.30. The lowest BCUT2D eigenvalue weighted by Crippen LogP contribution is -2.35. The molecule has 2 rings (SSSR count). The van der Waals surface area contributed by atoms with Gasteiger partial charge in [-0.3, -0.25) is 4.90 Å². The number of nitrogens with zero attached hydrogens (tertiary/aromatic N) is 1. The van der Waals surface area contributed by atoms with Crippen molar-refractivity contribution in [2.24, 2.45) is 5.92 Å². The predicted octanol–water partition coefficient (Wildman–Crippen LogP) is 3.81. The summed E-state index contributed by atoms with van der Waals surface area (Å²) in [7, 11) is 4.32. The van der Waals surface area contributed by atoms with Crippen molar-refractivity contribution in [3.63, 3.8) is 0 Å². The fourth-order valence-corrected chi connectivity index (χ4v) is 3.47. The second-order valence-electron chi connectivity index (χ2n) is 6.30. The first-order valence-corrected chi connectivity index (χ1v) is 8.16. The Morgan fingerprint density at radius 3 is 2.35 bits per heavy atom. The van der Waals surface area contributed by atoms with Gasteiger partial charge >= 0.3 is 0 Å². The lowest BCUT2D eigenvalue weighted by atomic mass is 9.84. The highest BCUT2D eigenvalue weighted by Gasteiger charge is 2.23. The summed E-state index contributed by atoms with van der Waals surface area (Å²) in [5, 5.41) is 3.27. The summed E-state index contributed by atoms with van der Waals surface area (Å²) in [6.45, 7) is 4.38. The van der Waals surface area contributed by atoms with Crippen molar-refractivity contribution in [1.82, 2.24) is 10.2 Å². The molecule has 0 atom stereocenters. The van der Waals surface area contributed by atoms with Crippen LogP contribution in [0.4, 0.5) is 0 Å². The first-order chi connectivity index (χ1) is 9.74. The number of hydrogen-bond donors (Lipinski definition) is 1. The first kappa shape index (κ1) is 15.5. The highest BCUT2D eigenvalue weighted by atomic mass is 15.1. The molecule has 1 aliphatic carbocycles. The number of benzene rings is 1. The molecule has 0 aliphatic heterocycles. The molecular formula is C18H30N2. The van der Waals surface area contributed by atoms with Crippen LogP contribution in [0.1, 0.15) is 50.2 Å². The zero-order chi connectivity index (χ0) is 14.4. The first-order valence-electron chi connectivity index (χ1n) is 8.16. The average Bonchev–Trinajstić information content (AvgIpc) is 2.49. The van der Waals surface area contributed by atoms with Crippen LogP contribution in [0.15, 0.2) is 24.3 Å². The van der Waals surface area contributed by atoms with Crippen LogP contribution < -0.4 is 5.32 Å². The zero-order valence-electron chi connectivity index (χ0n) is 13.4. The van der Waals surface area contributed by atoms with E-state index in [1.807, 2.05) is 7.05 Å². The van der Waals surface area contributed by atoms with Gasteiger partial charge in [0.05, 0.1) is 0 Å². The van der Waals surface area contributed by atoms with E-state index in [4.69, 9.17) is 0 Å². The van der Waals surface area contributed by atoms with Crippen molar-refractivity contribution in [3.05, 3.63) is 35.4 Å². The van der Waals surface area contributed by atoms with E-state index in [2.05, 4.69) is 48.5 Å². The SMILES string of the molecule is CCC1CCC(N(C)Cc2ccccc2CNC)CC1. The molecule has 0 aromatic heterocycles. The smallest absolute Gasteiger partial charge is 0.0236 e. The van der Waals surface area contributed by atoms with Gasteiger partial charge in [-0.25, -0.2) is 0 Å². The molecule has 0 unspecified atom stereocenters. The van der Waals surface area contributed by atoms with Gasteiger partial charge in [-0.1, -0.05) is 37.6 Å². The molecule has 1 aliphatic rings. The summed E-state index contributed by atoms with van der Waals surface area (Å²) in [4.78, 5) is 2.57. The maximum atomic E-state index is 3.27. The Labute approximate surface area is 124 Å². The third kappa shape index (κ3) is 4.07. The fourth-order valence-electron chi connectivity index (χ4n) is 3.47. The van der Waals surface area contributed by atoms with E-state index in [1.54, 1.807) is 0 Å². The van der Waals surface area contributed by atoms with Crippen LogP contribution in [-0.4, -0.2) is 25.0 Å². The molecule has 0 amide bonds. The Morgan fingerprint density at radius 1 is 1.10 bits per heavy atom. The normalized spacial score (nSPS) is 23.2. The van der Waals surface area contributed by atoms with Crippen LogP contribution in [0.2, 0.25) is 0 Å². The standard InChI is InChI=1S/C18H30N2/c1-4-15-9-11-18(12-10-15)20(3)14-17-8-6-5-7-16(17)13-19-2/h5-8,15,18-19H,4,9-14H2,1-3H3. The third-order valence-corrected chi connectivity index (χ3v) is 4.92. The van der Waals surface area contributed by atoms with E-state index in [0.29, 0.717) is 0 Å². The largest absolute Gasteiger partial charge is 0.316 e. The summed E-state index contributed by atoms with van der Waals surface area (Å²) < 4.78 is 0. The minimum atomic E-state index is 0.778. The van der Waals surface area contributed by atoms with Crippen molar-refractivity contribution >= 4 is 0 Å². The van der Waals surface area contributed by atoms with Gasteiger partial charge in [-0.2, -0.15) is 0 Å². The molecule has 2 nitrogen and oxygen atoms in total. The summed E-state index contributed by atoms with van der Waals surface area (Å²) in [5.41, 5.74) is 2.91. The Bertz CT molecular complexity index is 394. The molecule has 1 aromatic carbocycles.